The largest absolute Gasteiger partial charge is 0.362 e. The minimum absolute atomic E-state index is 0.0844. The van der Waals surface area contributed by atoms with Crippen LogP contribution in [0, 0.1) is 6.92 Å². The van der Waals surface area contributed by atoms with Gasteiger partial charge < -0.3 is 9.80 Å². The molecule has 1 aliphatic rings. The number of aromatic amines is 1. The number of nitrogens with one attached hydrogen (secondary N) is 1. The van der Waals surface area contributed by atoms with Crippen molar-refractivity contribution in [2.24, 2.45) is 0 Å². The number of hydrogen-bond acceptors (Lipinski definition) is 7. The van der Waals surface area contributed by atoms with E-state index in [0.717, 1.165) is 41.6 Å². The molecule has 25 heavy (non-hydrogen) atoms. The Morgan fingerprint density at radius 1 is 1.32 bits per heavy atom. The van der Waals surface area contributed by atoms with Crippen molar-refractivity contribution in [3.63, 3.8) is 0 Å². The lowest BCUT2D eigenvalue weighted by molar-refractivity contribution is -0.129. The molecule has 0 atom stereocenters. The van der Waals surface area contributed by atoms with Crippen LogP contribution in [0.1, 0.15) is 29.8 Å². The molecule has 3 heterocycles. The maximum absolute atomic E-state index is 12.5. The molecule has 134 valence electrons. The highest BCUT2D eigenvalue weighted by molar-refractivity contribution is 7.99. The van der Waals surface area contributed by atoms with Gasteiger partial charge in [-0.3, -0.25) is 9.89 Å². The Bertz CT molecular complexity index is 774. The van der Waals surface area contributed by atoms with Gasteiger partial charge in [0, 0.05) is 32.6 Å². The molecule has 3 rings (SSSR count). The zero-order valence-electron chi connectivity index (χ0n) is 15.0. The minimum Gasteiger partial charge on any atom is -0.362 e. The highest BCUT2D eigenvalue weighted by Gasteiger charge is 2.25. The number of anilines is 1. The summed E-state index contributed by atoms with van der Waals surface area (Å²) >= 11 is 1.37. The Hall–Kier alpha value is -2.16. The van der Waals surface area contributed by atoms with Gasteiger partial charge in [0.2, 0.25) is 11.1 Å². The Morgan fingerprint density at radius 2 is 2.12 bits per heavy atom. The molecule has 1 aliphatic heterocycles. The number of fused-ring (bicyclic) bond motifs is 1. The van der Waals surface area contributed by atoms with E-state index in [4.69, 9.17) is 0 Å². The van der Waals surface area contributed by atoms with Crippen LogP contribution in [-0.4, -0.2) is 62.3 Å². The molecule has 0 aromatic carbocycles. The number of rotatable bonds is 5. The predicted octanol–water partition coefficient (Wildman–Crippen LogP) is 1.21. The Kier molecular flexibility index (Phi) is 5.22. The average Bonchev–Trinajstić information content (AvgIpc) is 3.06. The third-order valence-electron chi connectivity index (χ3n) is 4.10. The highest BCUT2D eigenvalue weighted by Crippen LogP contribution is 2.26. The van der Waals surface area contributed by atoms with Crippen molar-refractivity contribution in [1.82, 2.24) is 30.0 Å². The third kappa shape index (κ3) is 3.92. The van der Waals surface area contributed by atoms with E-state index in [1.807, 2.05) is 37.7 Å². The fraction of sp³-hybridized carbons (Fsp3) is 0.562. The van der Waals surface area contributed by atoms with Gasteiger partial charge in [-0.15, -0.1) is 5.10 Å². The van der Waals surface area contributed by atoms with Gasteiger partial charge in [0.25, 0.3) is 0 Å². The summed E-state index contributed by atoms with van der Waals surface area (Å²) in [6, 6.07) is 0. The summed E-state index contributed by atoms with van der Waals surface area (Å²) in [6.07, 6.45) is 1.58. The van der Waals surface area contributed by atoms with Crippen LogP contribution < -0.4 is 4.90 Å². The first-order valence-corrected chi connectivity index (χ1v) is 9.32. The number of carbonyl (C=O) groups is 1. The van der Waals surface area contributed by atoms with Crippen molar-refractivity contribution in [2.75, 3.05) is 31.3 Å². The zero-order chi connectivity index (χ0) is 18.0. The van der Waals surface area contributed by atoms with Gasteiger partial charge in [-0.05, 0) is 13.3 Å². The van der Waals surface area contributed by atoms with Gasteiger partial charge >= 0.3 is 0 Å². The monoisotopic (exact) mass is 361 g/mol. The van der Waals surface area contributed by atoms with Crippen molar-refractivity contribution in [2.45, 2.75) is 38.4 Å². The Labute approximate surface area is 151 Å². The lowest BCUT2D eigenvalue weighted by atomic mass is 10.0. The Balaban J connectivity index is 1.66. The van der Waals surface area contributed by atoms with Crippen molar-refractivity contribution in [3.8, 4) is 0 Å². The second-order valence-corrected chi connectivity index (χ2v) is 7.13. The van der Waals surface area contributed by atoms with E-state index in [9.17, 15) is 4.79 Å². The van der Waals surface area contributed by atoms with Crippen molar-refractivity contribution < 1.29 is 4.79 Å². The van der Waals surface area contributed by atoms with E-state index in [-0.39, 0.29) is 5.91 Å². The fourth-order valence-electron chi connectivity index (χ4n) is 2.83. The van der Waals surface area contributed by atoms with Crippen molar-refractivity contribution >= 4 is 23.5 Å². The predicted molar refractivity (Wildman–Crippen MR) is 96.7 cm³/mol. The molecule has 2 aromatic rings. The lowest BCUT2D eigenvalue weighted by Gasteiger charge is -2.30. The van der Waals surface area contributed by atoms with E-state index in [1.54, 1.807) is 0 Å². The summed E-state index contributed by atoms with van der Waals surface area (Å²) < 4.78 is 0. The average molecular weight is 361 g/mol. The van der Waals surface area contributed by atoms with Crippen LogP contribution >= 0.6 is 11.8 Å². The van der Waals surface area contributed by atoms with Crippen LogP contribution in [0.5, 0.6) is 0 Å². The number of amides is 1. The third-order valence-corrected chi connectivity index (χ3v) is 4.93. The standard InChI is InChI=1S/C16H23N7OS/c1-5-13-19-16(21-20-13)25-9-14(24)23-7-6-11-12(8-23)17-10(2)18-15(11)22(3)4/h5-9H2,1-4H3,(H,19,20,21). The van der Waals surface area contributed by atoms with Gasteiger partial charge in [0.05, 0.1) is 18.0 Å². The van der Waals surface area contributed by atoms with Crippen LogP contribution in [0.3, 0.4) is 0 Å². The number of thioether (sulfide) groups is 1. The van der Waals surface area contributed by atoms with Crippen molar-refractivity contribution in [3.05, 3.63) is 22.9 Å². The molecule has 8 nitrogen and oxygen atoms in total. The van der Waals surface area contributed by atoms with Crippen LogP contribution in [-0.2, 0) is 24.2 Å². The molecule has 1 amide bonds. The first kappa shape index (κ1) is 17.7. The van der Waals surface area contributed by atoms with Crippen LogP contribution in [0.4, 0.5) is 5.82 Å². The van der Waals surface area contributed by atoms with E-state index < -0.39 is 0 Å². The molecule has 0 fully saturated rings. The number of H-pyrrole nitrogens is 1. The Morgan fingerprint density at radius 3 is 2.80 bits per heavy atom. The first-order valence-electron chi connectivity index (χ1n) is 8.33. The molecule has 0 radical (unpaired) electrons. The number of carbonyl (C=O) groups excluding carboxylic acids is 1. The molecule has 0 spiro atoms. The molecular weight excluding hydrogens is 338 g/mol. The maximum Gasteiger partial charge on any atom is 0.233 e. The normalized spacial score (nSPS) is 13.7. The van der Waals surface area contributed by atoms with Gasteiger partial charge in [0.1, 0.15) is 17.5 Å². The topological polar surface area (TPSA) is 90.9 Å². The zero-order valence-corrected chi connectivity index (χ0v) is 15.9. The molecular formula is C16H23N7OS. The number of hydrogen-bond donors (Lipinski definition) is 1. The molecule has 0 unspecified atom stereocenters. The lowest BCUT2D eigenvalue weighted by Crippen LogP contribution is -2.38. The van der Waals surface area contributed by atoms with Crippen LogP contribution in [0.15, 0.2) is 5.16 Å². The molecule has 0 aliphatic carbocycles. The minimum atomic E-state index is 0.0844. The van der Waals surface area contributed by atoms with Crippen molar-refractivity contribution in [1.29, 1.82) is 0 Å². The van der Waals surface area contributed by atoms with Gasteiger partial charge in [-0.25, -0.2) is 15.0 Å². The van der Waals surface area contributed by atoms with Gasteiger partial charge in [-0.2, -0.15) is 0 Å². The van der Waals surface area contributed by atoms with Gasteiger partial charge in [0.15, 0.2) is 0 Å². The number of aromatic nitrogens is 5. The summed E-state index contributed by atoms with van der Waals surface area (Å²) in [5, 5.41) is 7.60. The van der Waals surface area contributed by atoms with Crippen LogP contribution in [0.2, 0.25) is 0 Å². The van der Waals surface area contributed by atoms with E-state index in [1.165, 1.54) is 11.8 Å². The number of nitrogens with zero attached hydrogens (tertiary/aromatic N) is 6. The summed E-state index contributed by atoms with van der Waals surface area (Å²) in [5.41, 5.74) is 2.10. The summed E-state index contributed by atoms with van der Waals surface area (Å²) in [5.74, 6) is 2.95. The SMILES string of the molecule is CCc1nc(SCC(=O)N2CCc3c(nc(C)nc3N(C)C)C2)n[nH]1. The van der Waals surface area contributed by atoms with Gasteiger partial charge in [-0.1, -0.05) is 18.7 Å². The van der Waals surface area contributed by atoms with Crippen LogP contribution in [0.25, 0.3) is 0 Å². The van der Waals surface area contributed by atoms with E-state index >= 15 is 0 Å². The second kappa shape index (κ2) is 7.38. The van der Waals surface area contributed by atoms with E-state index in [0.29, 0.717) is 24.0 Å². The first-order chi connectivity index (χ1) is 12.0. The highest BCUT2D eigenvalue weighted by atomic mass is 32.2. The molecule has 1 N–H and O–H groups in total. The molecule has 0 saturated carbocycles. The quantitative estimate of drug-likeness (QED) is 0.800. The maximum atomic E-state index is 12.5. The molecule has 0 saturated heterocycles. The number of aryl methyl sites for hydroxylation is 2. The fourth-order valence-corrected chi connectivity index (χ4v) is 3.55. The molecule has 9 heteroatoms. The van der Waals surface area contributed by atoms with E-state index in [2.05, 4.69) is 25.1 Å². The molecule has 0 bridgehead atoms. The summed E-state index contributed by atoms with van der Waals surface area (Å²) in [4.78, 5) is 29.8. The summed E-state index contributed by atoms with van der Waals surface area (Å²) in [6.45, 7) is 5.12. The summed E-state index contributed by atoms with van der Waals surface area (Å²) in [7, 11) is 3.97. The smallest absolute Gasteiger partial charge is 0.233 e. The second-order valence-electron chi connectivity index (χ2n) is 6.19. The molecule has 2 aromatic heterocycles.